The number of hydrogen-bond donors (Lipinski definition) is 1. The summed E-state index contributed by atoms with van der Waals surface area (Å²) >= 11 is 0. The van der Waals surface area contributed by atoms with Gasteiger partial charge in [0.05, 0.1) is 5.69 Å². The number of nitrogens with zero attached hydrogens (tertiary/aromatic N) is 1. The second kappa shape index (κ2) is 7.14. The van der Waals surface area contributed by atoms with Gasteiger partial charge < -0.3 is 9.88 Å². The first-order chi connectivity index (χ1) is 11.2. The van der Waals surface area contributed by atoms with Gasteiger partial charge in [-0.1, -0.05) is 48.7 Å². The predicted molar refractivity (Wildman–Crippen MR) is 95.6 cm³/mol. The maximum Gasteiger partial charge on any atom is 0.255 e. The van der Waals surface area contributed by atoms with E-state index in [1.54, 1.807) is 0 Å². The Bertz CT molecular complexity index is 709. The Morgan fingerprint density at radius 3 is 2.43 bits per heavy atom. The maximum absolute atomic E-state index is 12.8. The number of hydrogen-bond acceptors (Lipinski definition) is 2. The SMILES string of the molecule is CCn1c(-c2ccc(C)cc2)ccc(CNC2CCCC2)c1=O. The largest absolute Gasteiger partial charge is 0.310 e. The summed E-state index contributed by atoms with van der Waals surface area (Å²) in [6, 6.07) is 13.0. The lowest BCUT2D eigenvalue weighted by Crippen LogP contribution is -2.31. The maximum atomic E-state index is 12.8. The first kappa shape index (κ1) is 16.0. The summed E-state index contributed by atoms with van der Waals surface area (Å²) < 4.78 is 1.89. The molecule has 1 fully saturated rings. The van der Waals surface area contributed by atoms with E-state index in [1.165, 1.54) is 31.2 Å². The zero-order valence-electron chi connectivity index (χ0n) is 14.1. The van der Waals surface area contributed by atoms with E-state index < -0.39 is 0 Å². The van der Waals surface area contributed by atoms with Gasteiger partial charge in [0.2, 0.25) is 0 Å². The Morgan fingerprint density at radius 1 is 1.09 bits per heavy atom. The average Bonchev–Trinajstić information content (AvgIpc) is 3.08. The highest BCUT2D eigenvalue weighted by Crippen LogP contribution is 2.20. The average molecular weight is 310 g/mol. The van der Waals surface area contributed by atoms with Crippen LogP contribution in [0.3, 0.4) is 0 Å². The van der Waals surface area contributed by atoms with E-state index >= 15 is 0 Å². The lowest BCUT2D eigenvalue weighted by atomic mass is 10.1. The van der Waals surface area contributed by atoms with E-state index in [-0.39, 0.29) is 5.56 Å². The van der Waals surface area contributed by atoms with Crippen molar-refractivity contribution in [3.8, 4) is 11.3 Å². The van der Waals surface area contributed by atoms with Crippen molar-refractivity contribution in [3.63, 3.8) is 0 Å². The molecule has 0 bridgehead atoms. The Balaban J connectivity index is 1.86. The van der Waals surface area contributed by atoms with Crippen molar-refractivity contribution in [1.29, 1.82) is 0 Å². The van der Waals surface area contributed by atoms with Crippen LogP contribution in [0.5, 0.6) is 0 Å². The van der Waals surface area contributed by atoms with Crippen molar-refractivity contribution >= 4 is 0 Å². The Morgan fingerprint density at radius 2 is 1.78 bits per heavy atom. The molecule has 1 saturated carbocycles. The van der Waals surface area contributed by atoms with Gasteiger partial charge in [-0.05, 0) is 38.3 Å². The van der Waals surface area contributed by atoms with E-state index in [4.69, 9.17) is 0 Å². The fourth-order valence-electron chi connectivity index (χ4n) is 3.43. The van der Waals surface area contributed by atoms with E-state index in [0.717, 1.165) is 16.8 Å². The van der Waals surface area contributed by atoms with Gasteiger partial charge in [0, 0.05) is 24.7 Å². The molecule has 3 rings (SSSR count). The molecule has 1 heterocycles. The minimum Gasteiger partial charge on any atom is -0.310 e. The number of aryl methyl sites for hydroxylation is 1. The second-order valence-electron chi connectivity index (χ2n) is 6.52. The third-order valence-electron chi connectivity index (χ3n) is 4.85. The van der Waals surface area contributed by atoms with Gasteiger partial charge in [-0.2, -0.15) is 0 Å². The standard InChI is InChI=1S/C20H26N2O/c1-3-22-19(16-10-8-15(2)9-11-16)13-12-17(20(22)23)14-21-18-6-4-5-7-18/h8-13,18,21H,3-7,14H2,1-2H3. The normalized spacial score (nSPS) is 15.2. The highest BCUT2D eigenvalue weighted by Gasteiger charge is 2.15. The molecular weight excluding hydrogens is 284 g/mol. The summed E-state index contributed by atoms with van der Waals surface area (Å²) in [5, 5.41) is 3.54. The first-order valence-electron chi connectivity index (χ1n) is 8.72. The molecule has 3 heteroatoms. The summed E-state index contributed by atoms with van der Waals surface area (Å²) in [4.78, 5) is 12.8. The molecule has 1 aliphatic rings. The first-order valence-corrected chi connectivity index (χ1v) is 8.72. The van der Waals surface area contributed by atoms with Crippen LogP contribution in [0, 0.1) is 6.92 Å². The summed E-state index contributed by atoms with van der Waals surface area (Å²) in [7, 11) is 0. The van der Waals surface area contributed by atoms with Gasteiger partial charge >= 0.3 is 0 Å². The molecule has 0 amide bonds. The summed E-state index contributed by atoms with van der Waals surface area (Å²) in [5.74, 6) is 0. The van der Waals surface area contributed by atoms with E-state index in [0.29, 0.717) is 19.1 Å². The quantitative estimate of drug-likeness (QED) is 0.909. The van der Waals surface area contributed by atoms with Crippen molar-refractivity contribution in [2.45, 2.75) is 58.7 Å². The van der Waals surface area contributed by atoms with Crippen LogP contribution in [0.4, 0.5) is 0 Å². The molecule has 0 atom stereocenters. The molecule has 0 radical (unpaired) electrons. The van der Waals surface area contributed by atoms with Crippen LogP contribution in [-0.2, 0) is 13.1 Å². The van der Waals surface area contributed by atoms with Crippen LogP contribution in [-0.4, -0.2) is 10.6 Å². The third kappa shape index (κ3) is 3.56. The topological polar surface area (TPSA) is 34.0 Å². The number of rotatable bonds is 5. The smallest absolute Gasteiger partial charge is 0.255 e. The lowest BCUT2D eigenvalue weighted by molar-refractivity contribution is 0.520. The minimum atomic E-state index is 0.135. The van der Waals surface area contributed by atoms with Gasteiger partial charge in [-0.15, -0.1) is 0 Å². The monoisotopic (exact) mass is 310 g/mol. The van der Waals surface area contributed by atoms with Crippen molar-refractivity contribution in [1.82, 2.24) is 9.88 Å². The molecule has 3 nitrogen and oxygen atoms in total. The molecule has 0 spiro atoms. The molecule has 1 aromatic heterocycles. The summed E-state index contributed by atoms with van der Waals surface area (Å²) in [6.45, 7) is 5.48. The number of pyridine rings is 1. The molecule has 1 aromatic carbocycles. The molecule has 1 N–H and O–H groups in total. The Kier molecular flexibility index (Phi) is 4.97. The molecule has 1 aliphatic carbocycles. The molecule has 0 unspecified atom stereocenters. The van der Waals surface area contributed by atoms with Gasteiger partial charge in [-0.3, -0.25) is 4.79 Å². The van der Waals surface area contributed by atoms with Crippen LogP contribution in [0.15, 0.2) is 41.2 Å². The zero-order chi connectivity index (χ0) is 16.2. The summed E-state index contributed by atoms with van der Waals surface area (Å²) in [6.07, 6.45) is 5.10. The molecule has 122 valence electrons. The fourth-order valence-corrected chi connectivity index (χ4v) is 3.43. The van der Waals surface area contributed by atoms with Crippen molar-refractivity contribution in [2.75, 3.05) is 0 Å². The number of benzene rings is 1. The van der Waals surface area contributed by atoms with E-state index in [1.807, 2.05) is 17.6 Å². The molecule has 2 aromatic rings. The van der Waals surface area contributed by atoms with E-state index in [2.05, 4.69) is 42.6 Å². The van der Waals surface area contributed by atoms with Crippen LogP contribution in [0.1, 0.15) is 43.7 Å². The van der Waals surface area contributed by atoms with Gasteiger partial charge in [0.25, 0.3) is 5.56 Å². The molecular formula is C20H26N2O. The van der Waals surface area contributed by atoms with Gasteiger partial charge in [-0.25, -0.2) is 0 Å². The van der Waals surface area contributed by atoms with Crippen molar-refractivity contribution in [2.24, 2.45) is 0 Å². The van der Waals surface area contributed by atoms with Crippen molar-refractivity contribution in [3.05, 3.63) is 57.9 Å². The fraction of sp³-hybridized carbons (Fsp3) is 0.450. The predicted octanol–water partition coefficient (Wildman–Crippen LogP) is 3.88. The lowest BCUT2D eigenvalue weighted by Gasteiger charge is -2.15. The number of nitrogens with one attached hydrogen (secondary N) is 1. The summed E-state index contributed by atoms with van der Waals surface area (Å²) in [5.41, 5.74) is 4.34. The third-order valence-corrected chi connectivity index (χ3v) is 4.85. The van der Waals surface area contributed by atoms with Crippen LogP contribution < -0.4 is 10.9 Å². The van der Waals surface area contributed by atoms with Gasteiger partial charge in [0.1, 0.15) is 0 Å². The zero-order valence-corrected chi connectivity index (χ0v) is 14.1. The Labute approximate surface area is 138 Å². The van der Waals surface area contributed by atoms with Crippen LogP contribution >= 0.6 is 0 Å². The minimum absolute atomic E-state index is 0.135. The van der Waals surface area contributed by atoms with Gasteiger partial charge in [0.15, 0.2) is 0 Å². The highest BCUT2D eigenvalue weighted by molar-refractivity contribution is 5.60. The number of aromatic nitrogens is 1. The van der Waals surface area contributed by atoms with Crippen LogP contribution in [0.25, 0.3) is 11.3 Å². The molecule has 0 aliphatic heterocycles. The van der Waals surface area contributed by atoms with E-state index in [9.17, 15) is 4.79 Å². The molecule has 0 saturated heterocycles. The van der Waals surface area contributed by atoms with Crippen LogP contribution in [0.2, 0.25) is 0 Å². The second-order valence-corrected chi connectivity index (χ2v) is 6.52. The van der Waals surface area contributed by atoms with Crippen molar-refractivity contribution < 1.29 is 0 Å². The Hall–Kier alpha value is -1.87. The highest BCUT2D eigenvalue weighted by atomic mass is 16.1. The molecule has 23 heavy (non-hydrogen) atoms.